The van der Waals surface area contributed by atoms with Gasteiger partial charge in [-0.05, 0) is 75.1 Å². The minimum Gasteiger partial charge on any atom is -0.497 e. The van der Waals surface area contributed by atoms with E-state index in [0.717, 1.165) is 41.6 Å². The van der Waals surface area contributed by atoms with E-state index in [0.29, 0.717) is 6.04 Å². The van der Waals surface area contributed by atoms with Crippen LogP contribution in [0.5, 0.6) is 5.75 Å². The van der Waals surface area contributed by atoms with Crippen LogP contribution in [0.2, 0.25) is 0 Å². The van der Waals surface area contributed by atoms with Crippen LogP contribution in [0.1, 0.15) is 45.4 Å². The van der Waals surface area contributed by atoms with Crippen molar-refractivity contribution in [1.29, 1.82) is 0 Å². The van der Waals surface area contributed by atoms with Crippen molar-refractivity contribution in [3.63, 3.8) is 0 Å². The number of ether oxygens (including phenoxy) is 1. The van der Waals surface area contributed by atoms with E-state index in [-0.39, 0.29) is 0 Å². The number of hydrogen-bond acceptors (Lipinski definition) is 3. The van der Waals surface area contributed by atoms with Crippen LogP contribution in [0.25, 0.3) is 0 Å². The lowest BCUT2D eigenvalue weighted by Crippen LogP contribution is -2.51. The fourth-order valence-electron chi connectivity index (χ4n) is 4.53. The second-order valence-electron chi connectivity index (χ2n) is 7.87. The molecule has 1 saturated carbocycles. The Morgan fingerprint density at radius 2 is 1.77 bits per heavy atom. The van der Waals surface area contributed by atoms with Crippen molar-refractivity contribution in [2.24, 2.45) is 5.92 Å². The van der Waals surface area contributed by atoms with E-state index in [1.807, 2.05) is 24.3 Å². The van der Waals surface area contributed by atoms with Crippen LogP contribution in [0.4, 0.5) is 5.69 Å². The van der Waals surface area contributed by atoms with E-state index < -0.39 is 0 Å². The number of likely N-dealkylation sites (tertiary alicyclic amines) is 1. The van der Waals surface area contributed by atoms with Crippen molar-refractivity contribution in [3.8, 4) is 5.75 Å². The number of thiocarbonyl (C=S) groups is 1. The van der Waals surface area contributed by atoms with E-state index in [4.69, 9.17) is 17.0 Å². The smallest absolute Gasteiger partial charge is 0.173 e. The number of rotatable bonds is 4. The molecule has 4 nitrogen and oxygen atoms in total. The molecule has 1 aliphatic carbocycles. The lowest BCUT2D eigenvalue weighted by Gasteiger charge is -2.44. The zero-order valence-electron chi connectivity index (χ0n) is 16.4. The largest absolute Gasteiger partial charge is 0.497 e. The first-order valence-corrected chi connectivity index (χ1v) is 10.4. The molecular weight excluding hydrogens is 342 g/mol. The second-order valence-corrected chi connectivity index (χ2v) is 8.26. The summed E-state index contributed by atoms with van der Waals surface area (Å²) >= 11 is 5.64. The van der Waals surface area contributed by atoms with E-state index >= 15 is 0 Å². The minimum absolute atomic E-state index is 0.695. The van der Waals surface area contributed by atoms with Crippen LogP contribution in [0.15, 0.2) is 24.3 Å². The van der Waals surface area contributed by atoms with Gasteiger partial charge in [0, 0.05) is 30.9 Å². The van der Waals surface area contributed by atoms with Gasteiger partial charge in [0.25, 0.3) is 0 Å². The summed E-state index contributed by atoms with van der Waals surface area (Å²) in [6.07, 6.45) is 7.97. The van der Waals surface area contributed by atoms with Crippen LogP contribution < -0.4 is 10.1 Å². The third-order valence-electron chi connectivity index (χ3n) is 6.26. The Morgan fingerprint density at radius 3 is 2.38 bits per heavy atom. The Balaban J connectivity index is 1.48. The number of benzene rings is 1. The van der Waals surface area contributed by atoms with Crippen LogP contribution in [-0.4, -0.2) is 54.2 Å². The van der Waals surface area contributed by atoms with Gasteiger partial charge in [-0.15, -0.1) is 0 Å². The zero-order chi connectivity index (χ0) is 18.5. The Morgan fingerprint density at radius 1 is 1.12 bits per heavy atom. The van der Waals surface area contributed by atoms with Gasteiger partial charge in [-0.1, -0.05) is 19.8 Å². The standard InChI is InChI=1S/C21H33N3OS/c1-16-6-4-5-7-20(16)23(2)18-12-14-24(15-13-18)21(26)22-17-8-10-19(25-3)11-9-17/h8-11,16,18,20H,4-7,12-15H2,1-3H3,(H,22,26). The fraction of sp³-hybridized carbons (Fsp3) is 0.667. The number of piperidine rings is 1. The Hall–Kier alpha value is -1.33. The molecule has 0 aromatic heterocycles. The summed E-state index contributed by atoms with van der Waals surface area (Å²) in [4.78, 5) is 5.00. The topological polar surface area (TPSA) is 27.7 Å². The van der Waals surface area contributed by atoms with Crippen molar-refractivity contribution in [2.45, 2.75) is 57.5 Å². The molecule has 26 heavy (non-hydrogen) atoms. The molecule has 0 bridgehead atoms. The van der Waals surface area contributed by atoms with E-state index in [1.165, 1.54) is 38.5 Å². The Kier molecular flexibility index (Phi) is 6.76. The molecule has 1 N–H and O–H groups in total. The average molecular weight is 376 g/mol. The van der Waals surface area contributed by atoms with Gasteiger partial charge in [0.15, 0.2) is 5.11 Å². The molecule has 1 aromatic rings. The van der Waals surface area contributed by atoms with Gasteiger partial charge in [-0.25, -0.2) is 0 Å². The van der Waals surface area contributed by atoms with Crippen LogP contribution in [0, 0.1) is 5.92 Å². The number of methoxy groups -OCH3 is 1. The summed E-state index contributed by atoms with van der Waals surface area (Å²) < 4.78 is 5.21. The first-order valence-electron chi connectivity index (χ1n) is 10.0. The molecule has 2 fully saturated rings. The molecule has 5 heteroatoms. The van der Waals surface area contributed by atoms with E-state index in [2.05, 4.69) is 29.1 Å². The summed E-state index contributed by atoms with van der Waals surface area (Å²) in [5.74, 6) is 1.70. The van der Waals surface area contributed by atoms with Crippen LogP contribution in [-0.2, 0) is 0 Å². The number of nitrogens with one attached hydrogen (secondary N) is 1. The molecule has 0 spiro atoms. The van der Waals surface area contributed by atoms with Gasteiger partial charge in [0.05, 0.1) is 7.11 Å². The predicted octanol–water partition coefficient (Wildman–Crippen LogP) is 4.37. The van der Waals surface area contributed by atoms with Crippen molar-refractivity contribution in [2.75, 3.05) is 32.6 Å². The highest BCUT2D eigenvalue weighted by atomic mass is 32.1. The quantitative estimate of drug-likeness (QED) is 0.789. The summed E-state index contributed by atoms with van der Waals surface area (Å²) in [6, 6.07) is 9.39. The molecular formula is C21H33N3OS. The Bertz CT molecular complexity index is 583. The average Bonchev–Trinajstić information content (AvgIpc) is 2.68. The van der Waals surface area contributed by atoms with E-state index in [1.54, 1.807) is 7.11 Å². The third kappa shape index (κ3) is 4.68. The van der Waals surface area contributed by atoms with Gasteiger partial charge in [-0.2, -0.15) is 0 Å². The molecule has 1 aliphatic heterocycles. The highest BCUT2D eigenvalue weighted by Gasteiger charge is 2.31. The maximum absolute atomic E-state index is 5.64. The maximum atomic E-state index is 5.64. The maximum Gasteiger partial charge on any atom is 0.173 e. The third-order valence-corrected chi connectivity index (χ3v) is 6.62. The van der Waals surface area contributed by atoms with E-state index in [9.17, 15) is 0 Å². The van der Waals surface area contributed by atoms with Crippen molar-refractivity contribution >= 4 is 23.0 Å². The van der Waals surface area contributed by atoms with Crippen LogP contribution >= 0.6 is 12.2 Å². The van der Waals surface area contributed by atoms with Crippen molar-refractivity contribution in [1.82, 2.24) is 9.80 Å². The van der Waals surface area contributed by atoms with Gasteiger partial charge in [0.2, 0.25) is 0 Å². The summed E-state index contributed by atoms with van der Waals surface area (Å²) in [5, 5.41) is 4.20. The van der Waals surface area contributed by atoms with Crippen molar-refractivity contribution < 1.29 is 4.74 Å². The fourth-order valence-corrected chi connectivity index (χ4v) is 4.83. The molecule has 1 heterocycles. The molecule has 2 aliphatic rings. The predicted molar refractivity (Wildman–Crippen MR) is 113 cm³/mol. The summed E-state index contributed by atoms with van der Waals surface area (Å²) in [6.45, 7) is 4.51. The Labute approximate surface area is 163 Å². The summed E-state index contributed by atoms with van der Waals surface area (Å²) in [7, 11) is 4.03. The highest BCUT2D eigenvalue weighted by Crippen LogP contribution is 2.30. The highest BCUT2D eigenvalue weighted by molar-refractivity contribution is 7.80. The molecule has 2 unspecified atom stereocenters. The van der Waals surface area contributed by atoms with Crippen molar-refractivity contribution in [3.05, 3.63) is 24.3 Å². The van der Waals surface area contributed by atoms with Gasteiger partial charge in [-0.3, -0.25) is 0 Å². The molecule has 0 radical (unpaired) electrons. The zero-order valence-corrected chi connectivity index (χ0v) is 17.2. The molecule has 1 aromatic carbocycles. The summed E-state index contributed by atoms with van der Waals surface area (Å²) in [5.41, 5.74) is 1.02. The number of hydrogen-bond donors (Lipinski definition) is 1. The first-order chi connectivity index (χ1) is 12.6. The lowest BCUT2D eigenvalue weighted by molar-refractivity contribution is 0.0691. The van der Waals surface area contributed by atoms with Crippen LogP contribution in [0.3, 0.4) is 0 Å². The monoisotopic (exact) mass is 375 g/mol. The SMILES string of the molecule is COc1ccc(NC(=S)N2CCC(N(C)C3CCCCC3C)CC2)cc1. The lowest BCUT2D eigenvalue weighted by atomic mass is 9.84. The molecule has 144 valence electrons. The molecule has 3 rings (SSSR count). The second kappa shape index (κ2) is 9.05. The van der Waals surface area contributed by atoms with Gasteiger partial charge >= 0.3 is 0 Å². The number of anilines is 1. The normalized spacial score (nSPS) is 24.5. The number of nitrogens with zero attached hydrogens (tertiary/aromatic N) is 2. The molecule has 1 saturated heterocycles. The van der Waals surface area contributed by atoms with Gasteiger partial charge in [0.1, 0.15) is 5.75 Å². The molecule has 2 atom stereocenters. The minimum atomic E-state index is 0.695. The van der Waals surface area contributed by atoms with Gasteiger partial charge < -0.3 is 19.9 Å². The molecule has 0 amide bonds. The first kappa shape index (κ1) is 19.4.